The smallest absolute Gasteiger partial charge is 0.0541 e. The minimum absolute atomic E-state index is 0.325. The summed E-state index contributed by atoms with van der Waals surface area (Å²) in [5.41, 5.74) is 5.42. The molecule has 0 saturated carbocycles. The Balaban J connectivity index is 2.17. The van der Waals surface area contributed by atoms with Crippen LogP contribution < -0.4 is 5.32 Å². The molecular formula is C18H22ClNS. The highest BCUT2D eigenvalue weighted by Crippen LogP contribution is 2.31. The lowest BCUT2D eigenvalue weighted by Crippen LogP contribution is -2.20. The van der Waals surface area contributed by atoms with Gasteiger partial charge >= 0.3 is 0 Å². The number of nitrogens with one attached hydrogen (secondary N) is 1. The van der Waals surface area contributed by atoms with Gasteiger partial charge in [-0.2, -0.15) is 0 Å². The molecule has 3 heteroatoms. The van der Waals surface area contributed by atoms with Crippen LogP contribution in [0.3, 0.4) is 0 Å². The van der Waals surface area contributed by atoms with E-state index in [2.05, 4.69) is 44.3 Å². The van der Waals surface area contributed by atoms with E-state index in [1.807, 2.05) is 25.2 Å². The normalized spacial score (nSPS) is 12.4. The topological polar surface area (TPSA) is 12.0 Å². The summed E-state index contributed by atoms with van der Waals surface area (Å²) in [5.74, 6) is 0.962. The van der Waals surface area contributed by atoms with Crippen LogP contribution in [0.15, 0.2) is 41.3 Å². The number of hydrogen-bond donors (Lipinski definition) is 1. The number of hydrogen-bond acceptors (Lipinski definition) is 2. The van der Waals surface area contributed by atoms with Crippen LogP contribution in [0.25, 0.3) is 0 Å². The van der Waals surface area contributed by atoms with Gasteiger partial charge < -0.3 is 5.32 Å². The van der Waals surface area contributed by atoms with Crippen molar-refractivity contribution in [3.05, 3.63) is 63.7 Å². The molecule has 2 aromatic carbocycles. The van der Waals surface area contributed by atoms with Gasteiger partial charge in [0.25, 0.3) is 0 Å². The van der Waals surface area contributed by atoms with Gasteiger partial charge in [0.15, 0.2) is 0 Å². The van der Waals surface area contributed by atoms with Crippen molar-refractivity contribution in [2.24, 2.45) is 0 Å². The second kappa shape index (κ2) is 7.35. The molecule has 0 bridgehead atoms. The first kappa shape index (κ1) is 16.4. The number of halogens is 1. The third-order valence-corrected chi connectivity index (χ3v) is 5.46. The second-order valence-electron chi connectivity index (χ2n) is 5.38. The van der Waals surface area contributed by atoms with Gasteiger partial charge in [0, 0.05) is 16.7 Å². The average molecular weight is 320 g/mol. The molecular weight excluding hydrogens is 298 g/mol. The summed E-state index contributed by atoms with van der Waals surface area (Å²) < 4.78 is 0. The molecule has 0 aromatic heterocycles. The first-order valence-corrected chi connectivity index (χ1v) is 8.51. The molecule has 0 aliphatic carbocycles. The van der Waals surface area contributed by atoms with E-state index in [1.54, 1.807) is 11.8 Å². The van der Waals surface area contributed by atoms with Crippen LogP contribution in [0.4, 0.5) is 0 Å². The van der Waals surface area contributed by atoms with Crippen LogP contribution in [0.2, 0.25) is 5.02 Å². The SMILES string of the molecule is CNC(CSc1ccccc1Cl)c1cc(C)c(C)cc1C. The zero-order valence-electron chi connectivity index (χ0n) is 13.0. The lowest BCUT2D eigenvalue weighted by atomic mass is 9.96. The summed E-state index contributed by atoms with van der Waals surface area (Å²) in [6, 6.07) is 12.9. The predicted molar refractivity (Wildman–Crippen MR) is 94.6 cm³/mol. The summed E-state index contributed by atoms with van der Waals surface area (Å²) in [4.78, 5) is 1.14. The Kier molecular flexibility index (Phi) is 5.74. The first-order chi connectivity index (χ1) is 10.0. The highest BCUT2D eigenvalue weighted by molar-refractivity contribution is 7.99. The maximum Gasteiger partial charge on any atom is 0.0541 e. The number of benzene rings is 2. The van der Waals surface area contributed by atoms with Gasteiger partial charge in [-0.3, -0.25) is 0 Å². The minimum atomic E-state index is 0.325. The molecule has 0 radical (unpaired) electrons. The van der Waals surface area contributed by atoms with Gasteiger partial charge in [0.1, 0.15) is 0 Å². The summed E-state index contributed by atoms with van der Waals surface area (Å²) >= 11 is 8.03. The predicted octanol–water partition coefficient (Wildman–Crippen LogP) is 5.32. The van der Waals surface area contributed by atoms with Crippen LogP contribution in [-0.2, 0) is 0 Å². The Hall–Kier alpha value is -0.960. The highest BCUT2D eigenvalue weighted by atomic mass is 35.5. The molecule has 0 amide bonds. The molecule has 1 nitrogen and oxygen atoms in total. The summed E-state index contributed by atoms with van der Waals surface area (Å²) in [6.07, 6.45) is 0. The van der Waals surface area contributed by atoms with E-state index in [0.29, 0.717) is 6.04 Å². The van der Waals surface area contributed by atoms with E-state index >= 15 is 0 Å². The molecule has 1 N–H and O–H groups in total. The van der Waals surface area contributed by atoms with E-state index in [1.165, 1.54) is 22.3 Å². The lowest BCUT2D eigenvalue weighted by molar-refractivity contribution is 0.657. The monoisotopic (exact) mass is 319 g/mol. The third kappa shape index (κ3) is 4.03. The average Bonchev–Trinajstić information content (AvgIpc) is 2.46. The molecule has 2 aromatic rings. The van der Waals surface area contributed by atoms with Gasteiger partial charge in [0.2, 0.25) is 0 Å². The zero-order valence-corrected chi connectivity index (χ0v) is 14.6. The van der Waals surface area contributed by atoms with Crippen molar-refractivity contribution in [1.82, 2.24) is 5.32 Å². The molecule has 2 rings (SSSR count). The van der Waals surface area contributed by atoms with Crippen molar-refractivity contribution in [3.63, 3.8) is 0 Å². The zero-order chi connectivity index (χ0) is 15.4. The standard InChI is InChI=1S/C18H22ClNS/c1-12-9-14(3)15(10-13(12)2)17(20-4)11-21-18-8-6-5-7-16(18)19/h5-10,17,20H,11H2,1-4H3. The number of rotatable bonds is 5. The Morgan fingerprint density at radius 2 is 1.71 bits per heavy atom. The van der Waals surface area contributed by atoms with Crippen LogP contribution in [-0.4, -0.2) is 12.8 Å². The quantitative estimate of drug-likeness (QED) is 0.749. The van der Waals surface area contributed by atoms with E-state index in [0.717, 1.165) is 15.7 Å². The van der Waals surface area contributed by atoms with Gasteiger partial charge in [0.05, 0.1) is 5.02 Å². The number of thioether (sulfide) groups is 1. The van der Waals surface area contributed by atoms with Crippen LogP contribution in [0, 0.1) is 20.8 Å². The highest BCUT2D eigenvalue weighted by Gasteiger charge is 2.14. The molecule has 1 atom stereocenters. The Bertz CT molecular complexity index is 625. The van der Waals surface area contributed by atoms with E-state index in [4.69, 9.17) is 11.6 Å². The fourth-order valence-electron chi connectivity index (χ4n) is 2.42. The summed E-state index contributed by atoms with van der Waals surface area (Å²) in [7, 11) is 2.02. The molecule has 112 valence electrons. The fourth-order valence-corrected chi connectivity index (χ4v) is 3.79. The molecule has 0 heterocycles. The van der Waals surface area contributed by atoms with E-state index in [-0.39, 0.29) is 0 Å². The Morgan fingerprint density at radius 1 is 1.05 bits per heavy atom. The maximum absolute atomic E-state index is 6.23. The van der Waals surface area contributed by atoms with Crippen molar-refractivity contribution in [3.8, 4) is 0 Å². The van der Waals surface area contributed by atoms with Gasteiger partial charge in [-0.15, -0.1) is 11.8 Å². The minimum Gasteiger partial charge on any atom is -0.312 e. The van der Waals surface area contributed by atoms with Crippen molar-refractivity contribution >= 4 is 23.4 Å². The van der Waals surface area contributed by atoms with Crippen molar-refractivity contribution in [2.75, 3.05) is 12.8 Å². The molecule has 0 spiro atoms. The summed E-state index contributed by atoms with van der Waals surface area (Å²) in [6.45, 7) is 6.53. The van der Waals surface area contributed by atoms with Crippen molar-refractivity contribution in [1.29, 1.82) is 0 Å². The third-order valence-electron chi connectivity index (χ3n) is 3.85. The Labute approximate surface area is 137 Å². The lowest BCUT2D eigenvalue weighted by Gasteiger charge is -2.20. The molecule has 0 aliphatic heterocycles. The van der Waals surface area contributed by atoms with Crippen LogP contribution in [0.1, 0.15) is 28.3 Å². The van der Waals surface area contributed by atoms with E-state index < -0.39 is 0 Å². The second-order valence-corrected chi connectivity index (χ2v) is 6.84. The first-order valence-electron chi connectivity index (χ1n) is 7.15. The molecule has 0 saturated heterocycles. The van der Waals surface area contributed by atoms with Crippen molar-refractivity contribution in [2.45, 2.75) is 31.7 Å². The summed E-state index contributed by atoms with van der Waals surface area (Å²) in [5, 5.41) is 4.26. The van der Waals surface area contributed by atoms with Crippen LogP contribution >= 0.6 is 23.4 Å². The van der Waals surface area contributed by atoms with Crippen molar-refractivity contribution < 1.29 is 0 Å². The Morgan fingerprint density at radius 3 is 2.38 bits per heavy atom. The molecule has 1 unspecified atom stereocenters. The van der Waals surface area contributed by atoms with Gasteiger partial charge in [-0.05, 0) is 62.2 Å². The van der Waals surface area contributed by atoms with Gasteiger partial charge in [-0.1, -0.05) is 35.9 Å². The molecule has 0 aliphatic rings. The maximum atomic E-state index is 6.23. The number of aryl methyl sites for hydroxylation is 3. The molecule has 0 fully saturated rings. The fraction of sp³-hybridized carbons (Fsp3) is 0.333. The van der Waals surface area contributed by atoms with E-state index in [9.17, 15) is 0 Å². The van der Waals surface area contributed by atoms with Crippen LogP contribution in [0.5, 0.6) is 0 Å². The van der Waals surface area contributed by atoms with Gasteiger partial charge in [-0.25, -0.2) is 0 Å². The largest absolute Gasteiger partial charge is 0.312 e. The molecule has 21 heavy (non-hydrogen) atoms.